The van der Waals surface area contributed by atoms with Crippen molar-refractivity contribution in [3.8, 4) is 0 Å². The fourth-order valence-corrected chi connectivity index (χ4v) is 1.29. The van der Waals surface area contributed by atoms with Gasteiger partial charge in [0.1, 0.15) is 0 Å². The second kappa shape index (κ2) is 4.93. The molecule has 14 heavy (non-hydrogen) atoms. The lowest BCUT2D eigenvalue weighted by atomic mass is 10.2. The lowest BCUT2D eigenvalue weighted by Crippen LogP contribution is -2.25. The average molecular weight is 215 g/mol. The van der Waals surface area contributed by atoms with Gasteiger partial charge in [-0.15, -0.1) is 0 Å². The second-order valence-electron chi connectivity index (χ2n) is 3.03. The summed E-state index contributed by atoms with van der Waals surface area (Å²) in [6.07, 6.45) is 3.18. The molecule has 1 aromatic heterocycles. The third kappa shape index (κ3) is 3.32. The number of carboxylic acid groups (broad SMARTS) is 1. The van der Waals surface area contributed by atoms with Crippen LogP contribution >= 0.6 is 11.6 Å². The van der Waals surface area contributed by atoms with E-state index < -0.39 is 5.97 Å². The van der Waals surface area contributed by atoms with E-state index in [0.717, 1.165) is 5.56 Å². The Morgan fingerprint density at radius 2 is 2.43 bits per heavy atom. The van der Waals surface area contributed by atoms with Gasteiger partial charge in [-0.2, -0.15) is 0 Å². The van der Waals surface area contributed by atoms with Gasteiger partial charge in [0.15, 0.2) is 0 Å². The lowest BCUT2D eigenvalue weighted by molar-refractivity contribution is -0.138. The summed E-state index contributed by atoms with van der Waals surface area (Å²) in [5.41, 5.74) is 0.880. The zero-order chi connectivity index (χ0) is 10.6. The first-order chi connectivity index (χ1) is 6.59. The number of halogens is 1. The number of aliphatic carboxylic acids is 1. The van der Waals surface area contributed by atoms with Gasteiger partial charge in [-0.1, -0.05) is 11.6 Å². The second-order valence-corrected chi connectivity index (χ2v) is 3.44. The molecule has 76 valence electrons. The first kappa shape index (κ1) is 10.9. The highest BCUT2D eigenvalue weighted by Gasteiger charge is 2.07. The first-order valence-electron chi connectivity index (χ1n) is 4.08. The summed E-state index contributed by atoms with van der Waals surface area (Å²) in [5, 5.41) is 9.10. The lowest BCUT2D eigenvalue weighted by Gasteiger charge is -2.14. The van der Waals surface area contributed by atoms with Crippen molar-refractivity contribution >= 4 is 17.6 Å². The molecule has 0 amide bonds. The number of rotatable bonds is 4. The van der Waals surface area contributed by atoms with Crippen LogP contribution in [0, 0.1) is 0 Å². The standard InChI is InChI=1S/C9H11ClN2O2/c1-12(6-9(13)14)5-7-2-3-11-4-8(7)10/h2-4H,5-6H2,1H3,(H,13,14). The van der Waals surface area contributed by atoms with Crippen LogP contribution in [0.1, 0.15) is 5.56 Å². The van der Waals surface area contributed by atoms with E-state index in [1.54, 1.807) is 30.4 Å². The minimum absolute atomic E-state index is 0.00134. The van der Waals surface area contributed by atoms with Crippen molar-refractivity contribution in [3.63, 3.8) is 0 Å². The molecule has 0 radical (unpaired) electrons. The van der Waals surface area contributed by atoms with E-state index in [2.05, 4.69) is 4.98 Å². The highest BCUT2D eigenvalue weighted by molar-refractivity contribution is 6.31. The van der Waals surface area contributed by atoms with Crippen LogP contribution in [0.15, 0.2) is 18.5 Å². The SMILES string of the molecule is CN(CC(=O)O)Cc1ccncc1Cl. The Balaban J connectivity index is 2.60. The predicted molar refractivity (Wildman–Crippen MR) is 53.2 cm³/mol. The normalized spacial score (nSPS) is 10.5. The first-order valence-corrected chi connectivity index (χ1v) is 4.46. The summed E-state index contributed by atoms with van der Waals surface area (Å²) >= 11 is 5.87. The van der Waals surface area contributed by atoms with E-state index in [4.69, 9.17) is 16.7 Å². The maximum absolute atomic E-state index is 10.4. The molecule has 5 heteroatoms. The third-order valence-corrected chi connectivity index (χ3v) is 2.04. The van der Waals surface area contributed by atoms with Crippen molar-refractivity contribution < 1.29 is 9.90 Å². The molecule has 1 aromatic rings. The molecule has 0 aliphatic rings. The predicted octanol–water partition coefficient (Wildman–Crippen LogP) is 1.25. The van der Waals surface area contributed by atoms with Crippen molar-refractivity contribution in [1.29, 1.82) is 0 Å². The molecule has 1 rings (SSSR count). The Bertz CT molecular complexity index is 330. The fourth-order valence-electron chi connectivity index (χ4n) is 1.11. The molecular weight excluding hydrogens is 204 g/mol. The molecule has 0 aliphatic heterocycles. The van der Waals surface area contributed by atoms with E-state index in [-0.39, 0.29) is 6.54 Å². The number of carbonyl (C=O) groups is 1. The molecule has 0 aliphatic carbocycles. The van der Waals surface area contributed by atoms with Gasteiger partial charge < -0.3 is 5.11 Å². The summed E-state index contributed by atoms with van der Waals surface area (Å²) < 4.78 is 0. The van der Waals surface area contributed by atoms with Gasteiger partial charge in [0.2, 0.25) is 0 Å². The Labute approximate surface area is 87.1 Å². The summed E-state index contributed by atoms with van der Waals surface area (Å²) in [7, 11) is 1.73. The van der Waals surface area contributed by atoms with E-state index in [1.165, 1.54) is 0 Å². The summed E-state index contributed by atoms with van der Waals surface area (Å²) in [4.78, 5) is 15.9. The zero-order valence-corrected chi connectivity index (χ0v) is 8.53. The quantitative estimate of drug-likeness (QED) is 0.820. The molecule has 0 spiro atoms. The molecule has 0 saturated heterocycles. The topological polar surface area (TPSA) is 53.4 Å². The van der Waals surface area contributed by atoms with Crippen LogP contribution in [-0.2, 0) is 11.3 Å². The molecule has 0 unspecified atom stereocenters. The number of likely N-dealkylation sites (N-methyl/N-ethyl adjacent to an activating group) is 1. The smallest absolute Gasteiger partial charge is 0.317 e. The third-order valence-electron chi connectivity index (χ3n) is 1.70. The molecule has 0 saturated carbocycles. The largest absolute Gasteiger partial charge is 0.480 e. The van der Waals surface area contributed by atoms with Crippen LogP contribution < -0.4 is 0 Å². The molecule has 1 heterocycles. The van der Waals surface area contributed by atoms with Gasteiger partial charge in [-0.25, -0.2) is 0 Å². The van der Waals surface area contributed by atoms with Crippen LogP contribution in [0.5, 0.6) is 0 Å². The molecule has 1 N–H and O–H groups in total. The van der Waals surface area contributed by atoms with Crippen molar-refractivity contribution in [3.05, 3.63) is 29.0 Å². The maximum atomic E-state index is 10.4. The zero-order valence-electron chi connectivity index (χ0n) is 7.77. The van der Waals surface area contributed by atoms with Crippen LogP contribution in [0.3, 0.4) is 0 Å². The van der Waals surface area contributed by atoms with Crippen LogP contribution in [0.2, 0.25) is 5.02 Å². The molecule has 0 aromatic carbocycles. The van der Waals surface area contributed by atoms with Gasteiger partial charge >= 0.3 is 5.97 Å². The van der Waals surface area contributed by atoms with Crippen molar-refractivity contribution in [2.45, 2.75) is 6.54 Å². The van der Waals surface area contributed by atoms with E-state index in [9.17, 15) is 4.79 Å². The summed E-state index contributed by atoms with van der Waals surface area (Å²) in [6, 6.07) is 1.78. The number of carboxylic acids is 1. The average Bonchev–Trinajstić information content (AvgIpc) is 2.07. The Hall–Kier alpha value is -1.13. The molecule has 0 fully saturated rings. The van der Waals surface area contributed by atoms with Crippen molar-refractivity contribution in [2.75, 3.05) is 13.6 Å². The molecule has 0 atom stereocenters. The highest BCUT2D eigenvalue weighted by Crippen LogP contribution is 2.14. The maximum Gasteiger partial charge on any atom is 0.317 e. The Morgan fingerprint density at radius 1 is 1.71 bits per heavy atom. The number of hydrogen-bond acceptors (Lipinski definition) is 3. The Morgan fingerprint density at radius 3 is 3.00 bits per heavy atom. The Kier molecular flexibility index (Phi) is 3.85. The number of pyridine rings is 1. The molecule has 4 nitrogen and oxygen atoms in total. The minimum Gasteiger partial charge on any atom is -0.480 e. The van der Waals surface area contributed by atoms with Gasteiger partial charge in [0.25, 0.3) is 0 Å². The minimum atomic E-state index is -0.849. The van der Waals surface area contributed by atoms with Crippen molar-refractivity contribution in [2.24, 2.45) is 0 Å². The van der Waals surface area contributed by atoms with E-state index in [1.807, 2.05) is 0 Å². The van der Waals surface area contributed by atoms with Gasteiger partial charge in [0, 0.05) is 18.9 Å². The number of aromatic nitrogens is 1. The van der Waals surface area contributed by atoms with E-state index in [0.29, 0.717) is 11.6 Å². The van der Waals surface area contributed by atoms with E-state index >= 15 is 0 Å². The van der Waals surface area contributed by atoms with Crippen LogP contribution in [0.4, 0.5) is 0 Å². The fraction of sp³-hybridized carbons (Fsp3) is 0.333. The van der Waals surface area contributed by atoms with Crippen molar-refractivity contribution in [1.82, 2.24) is 9.88 Å². The van der Waals surface area contributed by atoms with Gasteiger partial charge in [-0.05, 0) is 18.7 Å². The molecular formula is C9H11ClN2O2. The monoisotopic (exact) mass is 214 g/mol. The number of nitrogens with zero attached hydrogens (tertiary/aromatic N) is 2. The summed E-state index contributed by atoms with van der Waals surface area (Å²) in [5.74, 6) is -0.849. The molecule has 0 bridgehead atoms. The van der Waals surface area contributed by atoms with Crippen LogP contribution in [0.25, 0.3) is 0 Å². The summed E-state index contributed by atoms with van der Waals surface area (Å²) in [6.45, 7) is 0.506. The van der Waals surface area contributed by atoms with Gasteiger partial charge in [-0.3, -0.25) is 14.7 Å². The highest BCUT2D eigenvalue weighted by atomic mass is 35.5. The number of hydrogen-bond donors (Lipinski definition) is 1. The van der Waals surface area contributed by atoms with Crippen LogP contribution in [-0.4, -0.2) is 34.6 Å². The van der Waals surface area contributed by atoms with Gasteiger partial charge in [0.05, 0.1) is 11.6 Å².